The zero-order chi connectivity index (χ0) is 18.5. The first-order chi connectivity index (χ1) is 13.3. The van der Waals surface area contributed by atoms with Crippen LogP contribution in [0.5, 0.6) is 11.5 Å². The van der Waals surface area contributed by atoms with Crippen LogP contribution in [0.1, 0.15) is 43.2 Å². The molecule has 0 spiro atoms. The first-order valence-electron chi connectivity index (χ1n) is 9.76. The van der Waals surface area contributed by atoms with Gasteiger partial charge in [-0.2, -0.15) is 0 Å². The summed E-state index contributed by atoms with van der Waals surface area (Å²) in [6, 6.07) is 16.3. The zero-order valence-electron chi connectivity index (χ0n) is 15.5. The summed E-state index contributed by atoms with van der Waals surface area (Å²) in [5.74, 6) is 1.51. The highest BCUT2D eigenvalue weighted by Gasteiger charge is 2.25. The highest BCUT2D eigenvalue weighted by atomic mass is 16.7. The van der Waals surface area contributed by atoms with E-state index in [4.69, 9.17) is 9.47 Å². The number of hydrogen-bond donors (Lipinski definition) is 1. The molecule has 5 nitrogen and oxygen atoms in total. The molecule has 1 saturated carbocycles. The Morgan fingerprint density at radius 2 is 1.74 bits per heavy atom. The Balaban J connectivity index is 1.43. The summed E-state index contributed by atoms with van der Waals surface area (Å²) in [7, 11) is 0. The molecule has 5 heteroatoms. The first kappa shape index (κ1) is 17.7. The maximum absolute atomic E-state index is 13.0. The van der Waals surface area contributed by atoms with Crippen molar-refractivity contribution >= 4 is 6.03 Å². The highest BCUT2D eigenvalue weighted by molar-refractivity contribution is 5.74. The second-order valence-electron chi connectivity index (χ2n) is 7.25. The Kier molecular flexibility index (Phi) is 5.47. The maximum Gasteiger partial charge on any atom is 0.318 e. The molecule has 2 aliphatic rings. The Bertz CT molecular complexity index is 772. The Morgan fingerprint density at radius 3 is 2.56 bits per heavy atom. The number of ether oxygens (including phenoxy) is 2. The van der Waals surface area contributed by atoms with Crippen LogP contribution in [0.2, 0.25) is 0 Å². The van der Waals surface area contributed by atoms with E-state index >= 15 is 0 Å². The van der Waals surface area contributed by atoms with E-state index in [2.05, 4.69) is 17.4 Å². The fourth-order valence-electron chi connectivity index (χ4n) is 3.87. The van der Waals surface area contributed by atoms with Gasteiger partial charge in [0.15, 0.2) is 11.5 Å². The first-order valence-corrected chi connectivity index (χ1v) is 9.76. The van der Waals surface area contributed by atoms with Gasteiger partial charge < -0.3 is 19.7 Å². The van der Waals surface area contributed by atoms with Crippen molar-refractivity contribution in [1.82, 2.24) is 10.2 Å². The fraction of sp³-hybridized carbons (Fsp3) is 0.409. The van der Waals surface area contributed by atoms with E-state index in [0.717, 1.165) is 29.9 Å². The molecule has 2 aromatic rings. The summed E-state index contributed by atoms with van der Waals surface area (Å²) in [6.07, 6.45) is 5.85. The van der Waals surface area contributed by atoms with E-state index in [1.165, 1.54) is 24.8 Å². The minimum atomic E-state index is 0.00317. The standard InChI is InChI=1S/C22H26N2O3/c25-22(23-14-18-11-12-20-21(13-18)27-16-26-20)24(19-9-5-2-6-10-19)15-17-7-3-1-4-8-17/h1,3-4,7-8,11-13,19H,2,5-6,9-10,14-16H2,(H,23,25). The molecular weight excluding hydrogens is 340 g/mol. The quantitative estimate of drug-likeness (QED) is 0.850. The third-order valence-electron chi connectivity index (χ3n) is 5.35. The topological polar surface area (TPSA) is 50.8 Å². The van der Waals surface area contributed by atoms with Gasteiger partial charge in [0.05, 0.1) is 0 Å². The number of urea groups is 1. The number of nitrogens with one attached hydrogen (secondary N) is 1. The lowest BCUT2D eigenvalue weighted by Gasteiger charge is -2.34. The van der Waals surface area contributed by atoms with E-state index in [-0.39, 0.29) is 12.8 Å². The van der Waals surface area contributed by atoms with Gasteiger partial charge in [0.2, 0.25) is 6.79 Å². The van der Waals surface area contributed by atoms with Gasteiger partial charge in [-0.3, -0.25) is 0 Å². The van der Waals surface area contributed by atoms with Crippen molar-refractivity contribution in [1.29, 1.82) is 0 Å². The van der Waals surface area contributed by atoms with Gasteiger partial charge in [0.25, 0.3) is 0 Å². The SMILES string of the molecule is O=C(NCc1ccc2c(c1)OCO2)N(Cc1ccccc1)C1CCCCC1. The average Bonchev–Trinajstić information content (AvgIpc) is 3.19. The maximum atomic E-state index is 13.0. The zero-order valence-corrected chi connectivity index (χ0v) is 15.5. The lowest BCUT2D eigenvalue weighted by atomic mass is 9.94. The molecule has 0 atom stereocenters. The summed E-state index contributed by atoms with van der Waals surface area (Å²) in [5, 5.41) is 3.10. The van der Waals surface area contributed by atoms with Crippen LogP contribution in [0.15, 0.2) is 48.5 Å². The number of fused-ring (bicyclic) bond motifs is 1. The van der Waals surface area contributed by atoms with Gasteiger partial charge in [0, 0.05) is 19.1 Å². The van der Waals surface area contributed by atoms with Crippen molar-refractivity contribution in [2.75, 3.05) is 6.79 Å². The molecule has 2 amide bonds. The van der Waals surface area contributed by atoms with Crippen molar-refractivity contribution in [3.05, 3.63) is 59.7 Å². The van der Waals surface area contributed by atoms with E-state index in [1.54, 1.807) is 0 Å². The van der Waals surface area contributed by atoms with Crippen LogP contribution >= 0.6 is 0 Å². The number of amides is 2. The molecule has 0 saturated heterocycles. The Morgan fingerprint density at radius 1 is 0.963 bits per heavy atom. The van der Waals surface area contributed by atoms with E-state index in [0.29, 0.717) is 19.1 Å². The largest absolute Gasteiger partial charge is 0.454 e. The Labute approximate surface area is 160 Å². The second kappa shape index (κ2) is 8.33. The van der Waals surface area contributed by atoms with Crippen LogP contribution in [-0.4, -0.2) is 23.8 Å². The number of rotatable bonds is 5. The highest BCUT2D eigenvalue weighted by Crippen LogP contribution is 2.32. The fourth-order valence-corrected chi connectivity index (χ4v) is 3.87. The van der Waals surface area contributed by atoms with Crippen LogP contribution in [0.25, 0.3) is 0 Å². The average molecular weight is 366 g/mol. The second-order valence-corrected chi connectivity index (χ2v) is 7.25. The summed E-state index contributed by atoms with van der Waals surface area (Å²) < 4.78 is 10.8. The lowest BCUT2D eigenvalue weighted by Crippen LogP contribution is -2.46. The summed E-state index contributed by atoms with van der Waals surface area (Å²) in [5.41, 5.74) is 2.18. The van der Waals surface area contributed by atoms with Crippen LogP contribution in [0.3, 0.4) is 0 Å². The minimum absolute atomic E-state index is 0.00317. The van der Waals surface area contributed by atoms with Gasteiger partial charge in [-0.15, -0.1) is 0 Å². The van der Waals surface area contributed by atoms with Crippen LogP contribution in [0, 0.1) is 0 Å². The molecule has 0 aromatic heterocycles. The number of carbonyl (C=O) groups is 1. The molecular formula is C22H26N2O3. The van der Waals surface area contributed by atoms with Gasteiger partial charge in [-0.25, -0.2) is 4.79 Å². The number of carbonyl (C=O) groups excluding carboxylic acids is 1. The minimum Gasteiger partial charge on any atom is -0.454 e. The summed E-state index contributed by atoms with van der Waals surface area (Å²) in [6.45, 7) is 1.39. The number of benzene rings is 2. The lowest BCUT2D eigenvalue weighted by molar-refractivity contribution is 0.150. The molecule has 1 N–H and O–H groups in total. The summed E-state index contributed by atoms with van der Waals surface area (Å²) >= 11 is 0. The van der Waals surface area contributed by atoms with Gasteiger partial charge in [-0.1, -0.05) is 55.7 Å². The van der Waals surface area contributed by atoms with Crippen LogP contribution in [-0.2, 0) is 13.1 Å². The molecule has 1 aliphatic heterocycles. The Hall–Kier alpha value is -2.69. The van der Waals surface area contributed by atoms with Gasteiger partial charge in [-0.05, 0) is 36.1 Å². The molecule has 0 bridgehead atoms. The summed E-state index contributed by atoms with van der Waals surface area (Å²) in [4.78, 5) is 15.0. The van der Waals surface area contributed by atoms with Gasteiger partial charge >= 0.3 is 6.03 Å². The monoisotopic (exact) mass is 366 g/mol. The molecule has 4 rings (SSSR count). The van der Waals surface area contributed by atoms with E-state index in [1.807, 2.05) is 41.3 Å². The third-order valence-corrected chi connectivity index (χ3v) is 5.35. The van der Waals surface area contributed by atoms with E-state index in [9.17, 15) is 4.79 Å². The van der Waals surface area contributed by atoms with E-state index < -0.39 is 0 Å². The molecule has 27 heavy (non-hydrogen) atoms. The van der Waals surface area contributed by atoms with Crippen LogP contribution in [0.4, 0.5) is 4.79 Å². The molecule has 142 valence electrons. The van der Waals surface area contributed by atoms with Crippen molar-refractivity contribution in [3.63, 3.8) is 0 Å². The molecule has 0 unspecified atom stereocenters. The third kappa shape index (κ3) is 4.35. The van der Waals surface area contributed by atoms with Crippen LogP contribution < -0.4 is 14.8 Å². The number of nitrogens with zero attached hydrogens (tertiary/aromatic N) is 1. The predicted octanol–water partition coefficient (Wildman–Crippen LogP) is 4.46. The molecule has 0 radical (unpaired) electrons. The number of hydrogen-bond acceptors (Lipinski definition) is 3. The molecule has 2 aromatic carbocycles. The molecule has 1 heterocycles. The van der Waals surface area contributed by atoms with Crippen molar-refractivity contribution in [3.8, 4) is 11.5 Å². The van der Waals surface area contributed by atoms with Crippen molar-refractivity contribution in [2.45, 2.75) is 51.2 Å². The normalized spacial score (nSPS) is 16.1. The van der Waals surface area contributed by atoms with Gasteiger partial charge in [0.1, 0.15) is 0 Å². The smallest absolute Gasteiger partial charge is 0.318 e. The predicted molar refractivity (Wildman–Crippen MR) is 104 cm³/mol. The molecule has 1 aliphatic carbocycles. The van der Waals surface area contributed by atoms with Crippen molar-refractivity contribution in [2.24, 2.45) is 0 Å². The van der Waals surface area contributed by atoms with Crippen molar-refractivity contribution < 1.29 is 14.3 Å². The molecule has 1 fully saturated rings.